The summed E-state index contributed by atoms with van der Waals surface area (Å²) in [7, 11) is -3.17. The van der Waals surface area contributed by atoms with Gasteiger partial charge in [0.25, 0.3) is 0 Å². The van der Waals surface area contributed by atoms with Gasteiger partial charge in [0, 0.05) is 6.61 Å². The molecule has 1 atom stereocenters. The molecule has 1 fully saturated rings. The lowest BCUT2D eigenvalue weighted by Gasteiger charge is -2.23. The number of nitrogens with one attached hydrogen (secondary N) is 2. The molecule has 5 nitrogen and oxygen atoms in total. The van der Waals surface area contributed by atoms with Crippen molar-refractivity contribution in [3.8, 4) is 0 Å². The lowest BCUT2D eigenvalue weighted by molar-refractivity contribution is 0.178. The zero-order chi connectivity index (χ0) is 12.1. The lowest BCUT2D eigenvalue weighted by atomic mass is 10.0. The zero-order valence-electron chi connectivity index (χ0n) is 10.1. The van der Waals surface area contributed by atoms with Crippen molar-refractivity contribution >= 4 is 10.0 Å². The van der Waals surface area contributed by atoms with Crippen LogP contribution in [0.4, 0.5) is 0 Å². The van der Waals surface area contributed by atoms with Crippen LogP contribution in [0.25, 0.3) is 0 Å². The minimum atomic E-state index is -3.17. The van der Waals surface area contributed by atoms with E-state index in [1.165, 1.54) is 0 Å². The van der Waals surface area contributed by atoms with Crippen LogP contribution in [0.3, 0.4) is 0 Å². The molecular weight excluding hydrogens is 228 g/mol. The molecule has 0 aliphatic carbocycles. The van der Waals surface area contributed by atoms with Crippen LogP contribution >= 0.6 is 0 Å². The maximum atomic E-state index is 11.8. The predicted octanol–water partition coefficient (Wildman–Crippen LogP) is 0.0844. The van der Waals surface area contributed by atoms with E-state index < -0.39 is 15.6 Å². The Balaban J connectivity index is 2.33. The van der Waals surface area contributed by atoms with E-state index in [1.54, 1.807) is 0 Å². The van der Waals surface area contributed by atoms with Crippen LogP contribution in [-0.4, -0.2) is 46.0 Å². The molecule has 0 aromatic rings. The van der Waals surface area contributed by atoms with E-state index in [4.69, 9.17) is 4.74 Å². The van der Waals surface area contributed by atoms with Crippen molar-refractivity contribution < 1.29 is 13.2 Å². The minimum Gasteiger partial charge on any atom is -0.379 e. The van der Waals surface area contributed by atoms with Gasteiger partial charge < -0.3 is 10.1 Å². The van der Waals surface area contributed by atoms with Gasteiger partial charge in [-0.3, -0.25) is 0 Å². The van der Waals surface area contributed by atoms with Crippen LogP contribution in [0.1, 0.15) is 26.7 Å². The van der Waals surface area contributed by atoms with E-state index in [9.17, 15) is 8.42 Å². The molecule has 1 saturated heterocycles. The number of sulfonamides is 1. The van der Waals surface area contributed by atoms with Gasteiger partial charge in [-0.15, -0.1) is 0 Å². The smallest absolute Gasteiger partial charge is 0.212 e. The number of ether oxygens (including phenoxy) is 1. The van der Waals surface area contributed by atoms with Crippen LogP contribution in [0, 0.1) is 0 Å². The zero-order valence-corrected chi connectivity index (χ0v) is 10.9. The van der Waals surface area contributed by atoms with Crippen LogP contribution in [0.5, 0.6) is 0 Å². The highest BCUT2D eigenvalue weighted by Gasteiger charge is 2.33. The highest BCUT2D eigenvalue weighted by atomic mass is 32.2. The lowest BCUT2D eigenvalue weighted by Crippen LogP contribution is -2.47. The Morgan fingerprint density at radius 2 is 2.19 bits per heavy atom. The topological polar surface area (TPSA) is 67.4 Å². The Morgan fingerprint density at radius 1 is 1.44 bits per heavy atom. The fourth-order valence-electron chi connectivity index (χ4n) is 1.74. The van der Waals surface area contributed by atoms with Gasteiger partial charge in [0.1, 0.15) is 0 Å². The summed E-state index contributed by atoms with van der Waals surface area (Å²) < 4.78 is 31.5. The van der Waals surface area contributed by atoms with Crippen LogP contribution in [-0.2, 0) is 14.8 Å². The number of hydrogen-bond acceptors (Lipinski definition) is 4. The number of hydrogen-bond donors (Lipinski definition) is 2. The summed E-state index contributed by atoms with van der Waals surface area (Å²) in [6.45, 7) is 6.62. The van der Waals surface area contributed by atoms with Crippen LogP contribution < -0.4 is 10.0 Å². The first-order chi connectivity index (χ1) is 7.47. The van der Waals surface area contributed by atoms with Crippen molar-refractivity contribution in [3.63, 3.8) is 0 Å². The molecule has 1 unspecified atom stereocenters. The predicted molar refractivity (Wildman–Crippen MR) is 63.9 cm³/mol. The monoisotopic (exact) mass is 250 g/mol. The van der Waals surface area contributed by atoms with Gasteiger partial charge in [-0.25, -0.2) is 13.1 Å². The Labute approximate surface area is 98.0 Å². The molecule has 0 radical (unpaired) electrons. The maximum Gasteiger partial charge on any atom is 0.212 e. The third kappa shape index (κ3) is 4.78. The average Bonchev–Trinajstić information content (AvgIpc) is 2.58. The Hall–Kier alpha value is -0.170. The fourth-order valence-corrected chi connectivity index (χ4v) is 3.28. The summed E-state index contributed by atoms with van der Waals surface area (Å²) in [6, 6.07) is 0. The average molecular weight is 250 g/mol. The summed E-state index contributed by atoms with van der Waals surface area (Å²) >= 11 is 0. The van der Waals surface area contributed by atoms with Gasteiger partial charge in [-0.05, 0) is 32.9 Å². The third-order valence-electron chi connectivity index (χ3n) is 2.64. The number of rotatable bonds is 7. The summed E-state index contributed by atoms with van der Waals surface area (Å²) in [6.07, 6.45) is 1.39. The van der Waals surface area contributed by atoms with E-state index in [2.05, 4.69) is 10.0 Å². The Bertz CT molecular complexity index is 297. The minimum absolute atomic E-state index is 0.176. The summed E-state index contributed by atoms with van der Waals surface area (Å²) in [5, 5.41) is 3.11. The van der Waals surface area contributed by atoms with Crippen molar-refractivity contribution in [2.75, 3.05) is 32.1 Å². The Kier molecular flexibility index (Phi) is 5.17. The van der Waals surface area contributed by atoms with Crippen molar-refractivity contribution in [1.82, 2.24) is 10.0 Å². The molecule has 1 aliphatic heterocycles. The normalized spacial score (nSPS) is 26.1. The van der Waals surface area contributed by atoms with E-state index in [0.717, 1.165) is 19.5 Å². The Morgan fingerprint density at radius 3 is 2.75 bits per heavy atom. The quantitative estimate of drug-likeness (QED) is 0.628. The molecular formula is C10H22N2O3S. The molecule has 1 heterocycles. The standard InChI is InChI=1S/C10H22N2O3S/c1-3-11-6-4-8-16(13,14)12-10(2)5-7-15-9-10/h11-12H,3-9H2,1-2H3. The first kappa shape index (κ1) is 13.9. The SMILES string of the molecule is CCNCCCS(=O)(=O)NC1(C)CCOC1. The molecule has 96 valence electrons. The fraction of sp³-hybridized carbons (Fsp3) is 1.00. The molecule has 0 amide bonds. The molecule has 0 saturated carbocycles. The van der Waals surface area contributed by atoms with Crippen molar-refractivity contribution in [1.29, 1.82) is 0 Å². The highest BCUT2D eigenvalue weighted by Crippen LogP contribution is 2.18. The van der Waals surface area contributed by atoms with Gasteiger partial charge in [-0.1, -0.05) is 6.92 Å². The van der Waals surface area contributed by atoms with Gasteiger partial charge in [0.15, 0.2) is 0 Å². The molecule has 6 heteroatoms. The molecule has 0 bridgehead atoms. The van der Waals surface area contributed by atoms with Crippen molar-refractivity contribution in [3.05, 3.63) is 0 Å². The third-order valence-corrected chi connectivity index (χ3v) is 4.27. The van der Waals surface area contributed by atoms with Gasteiger partial charge in [0.2, 0.25) is 10.0 Å². The maximum absolute atomic E-state index is 11.8. The second-order valence-corrected chi connectivity index (χ2v) is 6.33. The van der Waals surface area contributed by atoms with E-state index in [1.807, 2.05) is 13.8 Å². The van der Waals surface area contributed by atoms with Crippen molar-refractivity contribution in [2.24, 2.45) is 0 Å². The van der Waals surface area contributed by atoms with E-state index in [0.29, 0.717) is 19.6 Å². The van der Waals surface area contributed by atoms with E-state index >= 15 is 0 Å². The van der Waals surface area contributed by atoms with Gasteiger partial charge in [0.05, 0.1) is 17.9 Å². The van der Waals surface area contributed by atoms with Crippen LogP contribution in [0.2, 0.25) is 0 Å². The summed E-state index contributed by atoms with van der Waals surface area (Å²) in [5.41, 5.74) is -0.406. The van der Waals surface area contributed by atoms with Crippen LogP contribution in [0.15, 0.2) is 0 Å². The van der Waals surface area contributed by atoms with Gasteiger partial charge in [-0.2, -0.15) is 0 Å². The second-order valence-electron chi connectivity index (χ2n) is 4.49. The first-order valence-corrected chi connectivity index (χ1v) is 7.43. The molecule has 1 aliphatic rings. The molecule has 2 N–H and O–H groups in total. The molecule has 0 spiro atoms. The first-order valence-electron chi connectivity index (χ1n) is 5.77. The van der Waals surface area contributed by atoms with Crippen molar-refractivity contribution in [2.45, 2.75) is 32.2 Å². The second kappa shape index (κ2) is 5.95. The van der Waals surface area contributed by atoms with Gasteiger partial charge >= 0.3 is 0 Å². The summed E-state index contributed by atoms with van der Waals surface area (Å²) in [5.74, 6) is 0.176. The molecule has 1 rings (SSSR count). The summed E-state index contributed by atoms with van der Waals surface area (Å²) in [4.78, 5) is 0. The largest absolute Gasteiger partial charge is 0.379 e. The highest BCUT2D eigenvalue weighted by molar-refractivity contribution is 7.89. The molecule has 16 heavy (non-hydrogen) atoms. The molecule has 0 aromatic heterocycles. The molecule has 0 aromatic carbocycles. The van der Waals surface area contributed by atoms with E-state index in [-0.39, 0.29) is 5.75 Å².